The SMILES string of the molecule is COC(=O)c1ccc(C[N+]2(C)N=C(C)C=C2C)o1. The fourth-order valence-electron chi connectivity index (χ4n) is 2.03. The molecule has 0 saturated heterocycles. The number of esters is 1. The lowest BCUT2D eigenvalue weighted by Crippen LogP contribution is -2.33. The first kappa shape index (κ1) is 12.6. The molecular weight excluding hydrogens is 232 g/mol. The van der Waals surface area contributed by atoms with Crippen LogP contribution in [0.1, 0.15) is 30.2 Å². The first-order chi connectivity index (χ1) is 8.44. The molecule has 5 nitrogen and oxygen atoms in total. The Bertz CT molecular complexity index is 542. The first-order valence-electron chi connectivity index (χ1n) is 5.73. The van der Waals surface area contributed by atoms with E-state index in [1.807, 2.05) is 27.0 Å². The summed E-state index contributed by atoms with van der Waals surface area (Å²) in [6.07, 6.45) is 2.05. The molecule has 0 N–H and O–H groups in total. The van der Waals surface area contributed by atoms with Crippen molar-refractivity contribution in [3.63, 3.8) is 0 Å². The van der Waals surface area contributed by atoms with E-state index in [0.29, 0.717) is 16.9 Å². The summed E-state index contributed by atoms with van der Waals surface area (Å²) in [5, 5.41) is 4.56. The van der Waals surface area contributed by atoms with E-state index in [0.717, 1.165) is 11.4 Å². The molecule has 96 valence electrons. The van der Waals surface area contributed by atoms with Gasteiger partial charge in [-0.15, -0.1) is 0 Å². The highest BCUT2D eigenvalue weighted by Gasteiger charge is 2.31. The molecule has 1 aliphatic heterocycles. The molecule has 18 heavy (non-hydrogen) atoms. The highest BCUT2D eigenvalue weighted by Crippen LogP contribution is 2.26. The Kier molecular flexibility index (Phi) is 3.09. The van der Waals surface area contributed by atoms with E-state index in [9.17, 15) is 4.79 Å². The van der Waals surface area contributed by atoms with Crippen molar-refractivity contribution in [1.82, 2.24) is 0 Å². The lowest BCUT2D eigenvalue weighted by Gasteiger charge is -2.23. The molecule has 0 radical (unpaired) electrons. The average Bonchev–Trinajstić information content (AvgIpc) is 2.84. The smallest absolute Gasteiger partial charge is 0.373 e. The summed E-state index contributed by atoms with van der Waals surface area (Å²) in [4.78, 5) is 11.3. The van der Waals surface area contributed by atoms with Gasteiger partial charge in [0.2, 0.25) is 5.76 Å². The molecule has 2 heterocycles. The van der Waals surface area contributed by atoms with Crippen LogP contribution in [0.15, 0.2) is 33.4 Å². The zero-order valence-corrected chi connectivity index (χ0v) is 11.1. The maximum Gasteiger partial charge on any atom is 0.373 e. The predicted molar refractivity (Wildman–Crippen MR) is 66.8 cm³/mol. The van der Waals surface area contributed by atoms with Crippen molar-refractivity contribution < 1.29 is 18.5 Å². The third-order valence-electron chi connectivity index (χ3n) is 3.07. The van der Waals surface area contributed by atoms with Crippen molar-refractivity contribution in [2.75, 3.05) is 14.2 Å². The second-order valence-electron chi connectivity index (χ2n) is 4.58. The highest BCUT2D eigenvalue weighted by molar-refractivity contribution is 5.93. The average molecular weight is 249 g/mol. The Labute approximate surface area is 106 Å². The van der Waals surface area contributed by atoms with Crippen LogP contribution in [-0.4, -0.2) is 30.4 Å². The number of nitrogens with zero attached hydrogens (tertiary/aromatic N) is 2. The minimum atomic E-state index is -0.461. The molecule has 0 amide bonds. The fraction of sp³-hybridized carbons (Fsp3) is 0.385. The predicted octanol–water partition coefficient (Wildman–Crippen LogP) is 2.31. The van der Waals surface area contributed by atoms with E-state index in [1.54, 1.807) is 12.1 Å². The zero-order valence-electron chi connectivity index (χ0n) is 11.1. The van der Waals surface area contributed by atoms with Gasteiger partial charge >= 0.3 is 5.97 Å². The summed E-state index contributed by atoms with van der Waals surface area (Å²) in [7, 11) is 3.34. The topological polar surface area (TPSA) is 51.8 Å². The number of allylic oxidation sites excluding steroid dienone is 2. The van der Waals surface area contributed by atoms with E-state index in [4.69, 9.17) is 4.42 Å². The zero-order chi connectivity index (χ0) is 13.3. The minimum Gasteiger partial charge on any atom is -0.463 e. The molecule has 1 unspecified atom stereocenters. The van der Waals surface area contributed by atoms with Crippen LogP contribution in [0.5, 0.6) is 0 Å². The summed E-state index contributed by atoms with van der Waals surface area (Å²) >= 11 is 0. The van der Waals surface area contributed by atoms with Gasteiger partial charge in [-0.25, -0.2) is 4.79 Å². The number of hydrogen-bond acceptors (Lipinski definition) is 4. The van der Waals surface area contributed by atoms with Crippen LogP contribution in [0.4, 0.5) is 0 Å². The molecule has 1 atom stereocenters. The van der Waals surface area contributed by atoms with Crippen LogP contribution in [0.25, 0.3) is 0 Å². The molecule has 0 aliphatic carbocycles. The minimum absolute atomic E-state index is 0.223. The lowest BCUT2D eigenvalue weighted by atomic mass is 10.3. The van der Waals surface area contributed by atoms with Crippen LogP contribution in [-0.2, 0) is 11.3 Å². The van der Waals surface area contributed by atoms with Gasteiger partial charge in [0.1, 0.15) is 5.70 Å². The normalized spacial score (nSPS) is 22.7. The number of rotatable bonds is 3. The number of quaternary nitrogens is 1. The maximum atomic E-state index is 11.3. The van der Waals surface area contributed by atoms with Crippen molar-refractivity contribution in [3.8, 4) is 0 Å². The molecule has 5 heteroatoms. The lowest BCUT2D eigenvalue weighted by molar-refractivity contribution is -0.891. The van der Waals surface area contributed by atoms with E-state index in [2.05, 4.69) is 9.84 Å². The molecule has 1 aromatic heterocycles. The number of ether oxygens (including phenoxy) is 1. The van der Waals surface area contributed by atoms with E-state index in [-0.39, 0.29) is 5.76 Å². The van der Waals surface area contributed by atoms with Gasteiger partial charge in [0, 0.05) is 13.0 Å². The van der Waals surface area contributed by atoms with Gasteiger partial charge in [-0.3, -0.25) is 0 Å². The summed E-state index contributed by atoms with van der Waals surface area (Å²) in [6, 6.07) is 3.41. The van der Waals surface area contributed by atoms with Gasteiger partial charge in [-0.1, -0.05) is 5.10 Å². The Balaban J connectivity index is 2.18. The number of carbonyl (C=O) groups is 1. The third-order valence-corrected chi connectivity index (χ3v) is 3.07. The molecule has 0 fully saturated rings. The first-order valence-corrected chi connectivity index (χ1v) is 5.73. The molecule has 0 spiro atoms. The number of methoxy groups -OCH3 is 1. The number of carbonyl (C=O) groups excluding carboxylic acids is 1. The van der Waals surface area contributed by atoms with Crippen LogP contribution in [0.2, 0.25) is 0 Å². The molecule has 0 aromatic carbocycles. The molecular formula is C13H17N2O3+. The van der Waals surface area contributed by atoms with Crippen LogP contribution >= 0.6 is 0 Å². The van der Waals surface area contributed by atoms with Crippen molar-refractivity contribution in [2.45, 2.75) is 20.4 Å². The summed E-state index contributed by atoms with van der Waals surface area (Å²) in [6.45, 7) is 4.58. The summed E-state index contributed by atoms with van der Waals surface area (Å²) in [5.41, 5.74) is 2.14. The maximum absolute atomic E-state index is 11.3. The molecule has 0 bridgehead atoms. The highest BCUT2D eigenvalue weighted by atomic mass is 16.5. The van der Waals surface area contributed by atoms with Gasteiger partial charge in [-0.05, 0) is 19.1 Å². The summed E-state index contributed by atoms with van der Waals surface area (Å²) < 4.78 is 10.5. The van der Waals surface area contributed by atoms with Gasteiger partial charge in [-0.2, -0.15) is 4.59 Å². The van der Waals surface area contributed by atoms with Crippen LogP contribution in [0.3, 0.4) is 0 Å². The van der Waals surface area contributed by atoms with Crippen LogP contribution < -0.4 is 0 Å². The second-order valence-corrected chi connectivity index (χ2v) is 4.58. The largest absolute Gasteiger partial charge is 0.463 e. The Hall–Kier alpha value is -1.88. The fourth-order valence-corrected chi connectivity index (χ4v) is 2.03. The summed E-state index contributed by atoms with van der Waals surface area (Å²) in [5.74, 6) is 0.474. The van der Waals surface area contributed by atoms with Gasteiger partial charge in [0.25, 0.3) is 0 Å². The van der Waals surface area contributed by atoms with Gasteiger partial charge < -0.3 is 9.15 Å². The van der Waals surface area contributed by atoms with Crippen molar-refractivity contribution >= 4 is 11.7 Å². The van der Waals surface area contributed by atoms with Crippen LogP contribution in [0, 0.1) is 0 Å². The van der Waals surface area contributed by atoms with Crippen molar-refractivity contribution in [2.24, 2.45) is 5.10 Å². The number of hydrogen-bond donors (Lipinski definition) is 0. The molecule has 2 rings (SSSR count). The monoisotopic (exact) mass is 249 g/mol. The Morgan fingerprint density at radius 2 is 2.17 bits per heavy atom. The second kappa shape index (κ2) is 4.42. The third kappa shape index (κ3) is 2.22. The van der Waals surface area contributed by atoms with E-state index in [1.165, 1.54) is 7.11 Å². The molecule has 0 saturated carbocycles. The van der Waals surface area contributed by atoms with Gasteiger partial charge in [0.05, 0.1) is 19.9 Å². The van der Waals surface area contributed by atoms with Gasteiger partial charge in [0.15, 0.2) is 12.3 Å². The Morgan fingerprint density at radius 1 is 1.44 bits per heavy atom. The Morgan fingerprint density at radius 3 is 2.72 bits per heavy atom. The molecule has 1 aliphatic rings. The van der Waals surface area contributed by atoms with Crippen molar-refractivity contribution in [1.29, 1.82) is 0 Å². The molecule has 1 aromatic rings. The number of furan rings is 1. The van der Waals surface area contributed by atoms with Crippen molar-refractivity contribution in [3.05, 3.63) is 35.4 Å². The standard InChI is InChI=1S/C13H17N2O3/c1-9-7-10(2)15(3,14-9)8-11-5-6-12(18-11)13(16)17-4/h5-7H,8H2,1-4H3/q+1. The van der Waals surface area contributed by atoms with E-state index < -0.39 is 5.97 Å². The quantitative estimate of drug-likeness (QED) is 0.610. The van der Waals surface area contributed by atoms with E-state index >= 15 is 0 Å².